The number of carbonyl (C=O) groups excluding carboxylic acids is 1. The minimum Gasteiger partial charge on any atom is -0.463 e. The Balaban J connectivity index is 3.74. The van der Waals surface area contributed by atoms with Crippen LogP contribution >= 0.6 is 0 Å². The summed E-state index contributed by atoms with van der Waals surface area (Å²) >= 11 is 0. The minimum atomic E-state index is -0.332. The molecule has 2 atom stereocenters. The number of hydrogen-bond donors (Lipinski definition) is 1. The van der Waals surface area contributed by atoms with Gasteiger partial charge in [0, 0.05) is 13.0 Å². The standard InChI is InChI=1S/C23H46O4/c1-5-7-8-9-11-14-17-21(24)22(26-6-2)18-15-12-10-13-16-19-23(25)27-20(3)4/h20-22,24H,5-19H2,1-4H3. The van der Waals surface area contributed by atoms with Gasteiger partial charge in [0.2, 0.25) is 0 Å². The molecule has 0 aliphatic rings. The van der Waals surface area contributed by atoms with Crippen LogP contribution in [0.2, 0.25) is 0 Å². The fourth-order valence-corrected chi connectivity index (χ4v) is 3.39. The highest BCUT2D eigenvalue weighted by Crippen LogP contribution is 2.17. The molecule has 162 valence electrons. The molecule has 2 unspecified atom stereocenters. The van der Waals surface area contributed by atoms with Gasteiger partial charge in [-0.1, -0.05) is 71.1 Å². The van der Waals surface area contributed by atoms with Crippen LogP contribution in [0.4, 0.5) is 0 Å². The number of carbonyl (C=O) groups is 1. The maximum Gasteiger partial charge on any atom is 0.306 e. The Morgan fingerprint density at radius 1 is 0.815 bits per heavy atom. The van der Waals surface area contributed by atoms with E-state index in [1.54, 1.807) is 0 Å². The third-order valence-corrected chi connectivity index (χ3v) is 4.90. The first-order valence-electron chi connectivity index (χ1n) is 11.5. The third kappa shape index (κ3) is 17.2. The van der Waals surface area contributed by atoms with Gasteiger partial charge in [-0.15, -0.1) is 0 Å². The van der Waals surface area contributed by atoms with Gasteiger partial charge in [0.1, 0.15) is 0 Å². The normalized spacial score (nSPS) is 13.7. The predicted molar refractivity (Wildman–Crippen MR) is 113 cm³/mol. The summed E-state index contributed by atoms with van der Waals surface area (Å²) in [6, 6.07) is 0. The Kier molecular flexibility index (Phi) is 18.3. The van der Waals surface area contributed by atoms with E-state index < -0.39 is 0 Å². The summed E-state index contributed by atoms with van der Waals surface area (Å²) in [7, 11) is 0. The first-order chi connectivity index (χ1) is 13.0. The average Bonchev–Trinajstić information content (AvgIpc) is 2.62. The van der Waals surface area contributed by atoms with Crippen LogP contribution in [0.1, 0.15) is 118 Å². The number of hydrogen-bond acceptors (Lipinski definition) is 4. The number of esters is 1. The lowest BCUT2D eigenvalue weighted by Crippen LogP contribution is -2.29. The van der Waals surface area contributed by atoms with E-state index in [2.05, 4.69) is 6.92 Å². The molecule has 0 saturated carbocycles. The van der Waals surface area contributed by atoms with Crippen LogP contribution in [-0.2, 0) is 14.3 Å². The fourth-order valence-electron chi connectivity index (χ4n) is 3.39. The molecule has 0 aromatic heterocycles. The zero-order chi connectivity index (χ0) is 20.3. The lowest BCUT2D eigenvalue weighted by molar-refractivity contribution is -0.147. The topological polar surface area (TPSA) is 55.8 Å². The molecule has 0 aromatic carbocycles. The van der Waals surface area contributed by atoms with Gasteiger partial charge in [0.15, 0.2) is 0 Å². The quantitative estimate of drug-likeness (QED) is 0.212. The first-order valence-corrected chi connectivity index (χ1v) is 11.5. The van der Waals surface area contributed by atoms with E-state index >= 15 is 0 Å². The maximum atomic E-state index is 11.5. The lowest BCUT2D eigenvalue weighted by Gasteiger charge is -2.23. The summed E-state index contributed by atoms with van der Waals surface area (Å²) in [5, 5.41) is 10.4. The van der Waals surface area contributed by atoms with Crippen molar-refractivity contribution in [3.05, 3.63) is 0 Å². The molecule has 1 N–H and O–H groups in total. The van der Waals surface area contributed by atoms with Gasteiger partial charge in [-0.25, -0.2) is 0 Å². The highest BCUT2D eigenvalue weighted by atomic mass is 16.5. The van der Waals surface area contributed by atoms with Crippen molar-refractivity contribution in [3.63, 3.8) is 0 Å². The number of aliphatic hydroxyl groups excluding tert-OH is 1. The molecule has 4 nitrogen and oxygen atoms in total. The van der Waals surface area contributed by atoms with E-state index in [1.807, 2.05) is 20.8 Å². The first kappa shape index (κ1) is 26.4. The third-order valence-electron chi connectivity index (χ3n) is 4.90. The van der Waals surface area contributed by atoms with Crippen molar-refractivity contribution in [2.75, 3.05) is 6.61 Å². The van der Waals surface area contributed by atoms with Crippen molar-refractivity contribution in [3.8, 4) is 0 Å². The van der Waals surface area contributed by atoms with Gasteiger partial charge in [0.25, 0.3) is 0 Å². The van der Waals surface area contributed by atoms with E-state index in [-0.39, 0.29) is 24.3 Å². The predicted octanol–water partition coefficient (Wildman–Crippen LogP) is 6.19. The van der Waals surface area contributed by atoms with E-state index in [9.17, 15) is 9.90 Å². The van der Waals surface area contributed by atoms with E-state index in [4.69, 9.17) is 9.47 Å². The Morgan fingerprint density at radius 3 is 1.96 bits per heavy atom. The van der Waals surface area contributed by atoms with E-state index in [0.717, 1.165) is 51.4 Å². The molecule has 0 aliphatic carbocycles. The second kappa shape index (κ2) is 18.7. The van der Waals surface area contributed by atoms with Crippen molar-refractivity contribution in [2.45, 2.75) is 136 Å². The molecule has 27 heavy (non-hydrogen) atoms. The van der Waals surface area contributed by atoms with Gasteiger partial charge in [0.05, 0.1) is 18.3 Å². The molecule has 0 aliphatic heterocycles. The second-order valence-electron chi connectivity index (χ2n) is 7.96. The van der Waals surface area contributed by atoms with Crippen LogP contribution < -0.4 is 0 Å². The van der Waals surface area contributed by atoms with Crippen LogP contribution in [0.3, 0.4) is 0 Å². The summed E-state index contributed by atoms with van der Waals surface area (Å²) in [5.41, 5.74) is 0. The summed E-state index contributed by atoms with van der Waals surface area (Å²) in [6.07, 6.45) is 14.8. The average molecular weight is 387 g/mol. The second-order valence-corrected chi connectivity index (χ2v) is 7.96. The molecular weight excluding hydrogens is 340 g/mol. The van der Waals surface area contributed by atoms with Crippen LogP contribution in [0.15, 0.2) is 0 Å². The van der Waals surface area contributed by atoms with Crippen LogP contribution in [0, 0.1) is 0 Å². The molecule has 0 spiro atoms. The molecule has 0 heterocycles. The summed E-state index contributed by atoms with van der Waals surface area (Å²) < 4.78 is 10.9. The molecule has 0 saturated heterocycles. The summed E-state index contributed by atoms with van der Waals surface area (Å²) in [5.74, 6) is -0.0840. The van der Waals surface area contributed by atoms with Gasteiger partial charge in [-0.2, -0.15) is 0 Å². The lowest BCUT2D eigenvalue weighted by atomic mass is 9.99. The van der Waals surface area contributed by atoms with Gasteiger partial charge < -0.3 is 14.6 Å². The number of ether oxygens (including phenoxy) is 2. The SMILES string of the molecule is CCCCCCCCC(O)C(CCCCCCCC(=O)OC(C)C)OCC. The van der Waals surface area contributed by atoms with E-state index in [1.165, 1.54) is 32.1 Å². The van der Waals surface area contributed by atoms with Gasteiger partial charge in [-0.3, -0.25) is 4.79 Å². The zero-order valence-corrected chi connectivity index (χ0v) is 18.5. The van der Waals surface area contributed by atoms with Crippen molar-refractivity contribution < 1.29 is 19.4 Å². The Morgan fingerprint density at radius 2 is 1.37 bits per heavy atom. The number of unbranched alkanes of at least 4 members (excludes halogenated alkanes) is 9. The van der Waals surface area contributed by atoms with Crippen molar-refractivity contribution in [2.24, 2.45) is 0 Å². The monoisotopic (exact) mass is 386 g/mol. The molecule has 0 rings (SSSR count). The molecule has 0 radical (unpaired) electrons. The Labute approximate surface area is 168 Å². The fraction of sp³-hybridized carbons (Fsp3) is 0.957. The van der Waals surface area contributed by atoms with Crippen LogP contribution in [-0.4, -0.2) is 36.0 Å². The van der Waals surface area contributed by atoms with Crippen molar-refractivity contribution in [1.29, 1.82) is 0 Å². The molecule has 0 fully saturated rings. The number of rotatable bonds is 19. The maximum absolute atomic E-state index is 11.5. The Hall–Kier alpha value is -0.610. The highest BCUT2D eigenvalue weighted by Gasteiger charge is 2.18. The van der Waals surface area contributed by atoms with Gasteiger partial charge >= 0.3 is 5.97 Å². The molecule has 0 amide bonds. The van der Waals surface area contributed by atoms with E-state index in [0.29, 0.717) is 13.0 Å². The molecule has 0 bridgehead atoms. The Bertz CT molecular complexity index is 330. The highest BCUT2D eigenvalue weighted by molar-refractivity contribution is 5.69. The smallest absolute Gasteiger partial charge is 0.306 e. The summed E-state index contributed by atoms with van der Waals surface area (Å²) in [6.45, 7) is 8.66. The molecule has 0 aromatic rings. The summed E-state index contributed by atoms with van der Waals surface area (Å²) in [4.78, 5) is 11.5. The molecular formula is C23H46O4. The minimum absolute atomic E-state index is 0.0178. The number of aliphatic hydroxyl groups is 1. The zero-order valence-electron chi connectivity index (χ0n) is 18.5. The van der Waals surface area contributed by atoms with Crippen molar-refractivity contribution in [1.82, 2.24) is 0 Å². The molecule has 4 heteroatoms. The largest absolute Gasteiger partial charge is 0.463 e. The van der Waals surface area contributed by atoms with Crippen LogP contribution in [0.25, 0.3) is 0 Å². The van der Waals surface area contributed by atoms with Crippen LogP contribution in [0.5, 0.6) is 0 Å². The van der Waals surface area contributed by atoms with Crippen molar-refractivity contribution >= 4 is 5.97 Å². The van der Waals surface area contributed by atoms with Gasteiger partial charge in [-0.05, 0) is 40.0 Å².